The van der Waals surface area contributed by atoms with Gasteiger partial charge in [-0.2, -0.15) is 0 Å². The van der Waals surface area contributed by atoms with Gasteiger partial charge in [-0.25, -0.2) is 4.39 Å². The Labute approximate surface area is 153 Å². The van der Waals surface area contributed by atoms with E-state index in [1.165, 1.54) is 11.6 Å². The van der Waals surface area contributed by atoms with E-state index in [1.807, 2.05) is 36.4 Å². The number of hydrogen-bond acceptors (Lipinski definition) is 3. The standard InChI is InChI=1S/C20H19FN2O.ClH/c21-20-7-2-1-5-18(20)15-24-19-6-3-4-17(12-19)14-23-13-16-8-10-22-11-9-16;/h1-12,23H,13-15H2;1H. The summed E-state index contributed by atoms with van der Waals surface area (Å²) >= 11 is 0. The molecule has 130 valence electrons. The largest absolute Gasteiger partial charge is 0.489 e. The first-order valence-electron chi connectivity index (χ1n) is 7.86. The molecule has 0 saturated heterocycles. The monoisotopic (exact) mass is 358 g/mol. The van der Waals surface area contributed by atoms with E-state index in [-0.39, 0.29) is 24.8 Å². The minimum absolute atomic E-state index is 0. The van der Waals surface area contributed by atoms with Crippen LogP contribution in [0.1, 0.15) is 16.7 Å². The van der Waals surface area contributed by atoms with Crippen LogP contribution >= 0.6 is 12.4 Å². The van der Waals surface area contributed by atoms with Gasteiger partial charge < -0.3 is 10.1 Å². The fraction of sp³-hybridized carbons (Fsp3) is 0.150. The molecule has 0 saturated carbocycles. The summed E-state index contributed by atoms with van der Waals surface area (Å²) in [6.07, 6.45) is 3.57. The van der Waals surface area contributed by atoms with Gasteiger partial charge in [0.05, 0.1) is 0 Å². The Bertz CT molecular complexity index is 783. The van der Waals surface area contributed by atoms with Crippen molar-refractivity contribution in [3.8, 4) is 5.75 Å². The third-order valence-electron chi connectivity index (χ3n) is 3.66. The van der Waals surface area contributed by atoms with Crippen molar-refractivity contribution in [2.75, 3.05) is 0 Å². The molecule has 0 aliphatic carbocycles. The van der Waals surface area contributed by atoms with Crippen molar-refractivity contribution in [2.45, 2.75) is 19.7 Å². The molecule has 3 rings (SSSR count). The normalized spacial score (nSPS) is 10.1. The molecule has 0 spiro atoms. The van der Waals surface area contributed by atoms with Gasteiger partial charge in [0, 0.05) is 31.0 Å². The molecule has 2 aromatic carbocycles. The van der Waals surface area contributed by atoms with Crippen molar-refractivity contribution < 1.29 is 9.13 Å². The quantitative estimate of drug-likeness (QED) is 0.674. The van der Waals surface area contributed by atoms with E-state index in [2.05, 4.69) is 10.3 Å². The first-order valence-corrected chi connectivity index (χ1v) is 7.86. The smallest absolute Gasteiger partial charge is 0.129 e. The third kappa shape index (κ3) is 5.85. The molecule has 1 N–H and O–H groups in total. The van der Waals surface area contributed by atoms with Gasteiger partial charge >= 0.3 is 0 Å². The lowest BCUT2D eigenvalue weighted by atomic mass is 10.2. The summed E-state index contributed by atoms with van der Waals surface area (Å²) in [5.74, 6) is 0.495. The van der Waals surface area contributed by atoms with Crippen LogP contribution < -0.4 is 10.1 Å². The second-order valence-corrected chi connectivity index (χ2v) is 5.49. The minimum atomic E-state index is -0.243. The average Bonchev–Trinajstić information content (AvgIpc) is 2.62. The number of benzene rings is 2. The van der Waals surface area contributed by atoms with Gasteiger partial charge in [-0.3, -0.25) is 4.98 Å². The molecule has 5 heteroatoms. The number of hydrogen-bond donors (Lipinski definition) is 1. The Morgan fingerprint density at radius 2 is 1.64 bits per heavy atom. The molecule has 1 aromatic heterocycles. The maximum atomic E-state index is 13.6. The highest BCUT2D eigenvalue weighted by Gasteiger charge is 2.02. The van der Waals surface area contributed by atoms with Crippen LogP contribution in [-0.2, 0) is 19.7 Å². The molecule has 0 fully saturated rings. The molecular formula is C20H20ClFN2O. The SMILES string of the molecule is Cl.Fc1ccccc1COc1cccc(CNCc2ccncc2)c1. The van der Waals surface area contributed by atoms with Gasteiger partial charge in [0.2, 0.25) is 0 Å². The van der Waals surface area contributed by atoms with Crippen LogP contribution in [-0.4, -0.2) is 4.98 Å². The fourth-order valence-electron chi connectivity index (χ4n) is 2.37. The van der Waals surface area contributed by atoms with Gasteiger partial charge in [0.25, 0.3) is 0 Å². The number of halogens is 2. The summed E-state index contributed by atoms with van der Waals surface area (Å²) in [5.41, 5.74) is 2.87. The highest BCUT2D eigenvalue weighted by Crippen LogP contribution is 2.16. The molecule has 0 atom stereocenters. The third-order valence-corrected chi connectivity index (χ3v) is 3.66. The van der Waals surface area contributed by atoms with E-state index in [0.717, 1.165) is 24.4 Å². The van der Waals surface area contributed by atoms with Crippen molar-refractivity contribution in [3.63, 3.8) is 0 Å². The second-order valence-electron chi connectivity index (χ2n) is 5.49. The van der Waals surface area contributed by atoms with Crippen LogP contribution in [0.2, 0.25) is 0 Å². The molecule has 0 radical (unpaired) electrons. The van der Waals surface area contributed by atoms with Crippen LogP contribution in [0.5, 0.6) is 5.75 Å². The van der Waals surface area contributed by atoms with Gasteiger partial charge in [0.1, 0.15) is 18.2 Å². The molecule has 0 unspecified atom stereocenters. The summed E-state index contributed by atoms with van der Waals surface area (Å²) in [4.78, 5) is 4.00. The zero-order valence-corrected chi connectivity index (χ0v) is 14.5. The number of pyridine rings is 1. The van der Waals surface area contributed by atoms with Crippen molar-refractivity contribution >= 4 is 12.4 Å². The lowest BCUT2D eigenvalue weighted by Crippen LogP contribution is -2.12. The first kappa shape index (κ1) is 18.9. The maximum absolute atomic E-state index is 13.6. The number of rotatable bonds is 7. The fourth-order valence-corrected chi connectivity index (χ4v) is 2.37. The number of aromatic nitrogens is 1. The lowest BCUT2D eigenvalue weighted by molar-refractivity contribution is 0.299. The minimum Gasteiger partial charge on any atom is -0.489 e. The lowest BCUT2D eigenvalue weighted by Gasteiger charge is -2.09. The summed E-state index contributed by atoms with van der Waals surface area (Å²) < 4.78 is 19.3. The Kier molecular flexibility index (Phi) is 7.38. The van der Waals surface area contributed by atoms with E-state index in [1.54, 1.807) is 30.6 Å². The molecular weight excluding hydrogens is 339 g/mol. The van der Waals surface area contributed by atoms with Gasteiger partial charge in [-0.05, 0) is 41.5 Å². The van der Waals surface area contributed by atoms with E-state index in [4.69, 9.17) is 4.74 Å². The molecule has 0 aliphatic heterocycles. The van der Waals surface area contributed by atoms with E-state index in [9.17, 15) is 4.39 Å². The summed E-state index contributed by atoms with van der Waals surface area (Å²) in [6, 6.07) is 18.5. The Balaban J connectivity index is 0.00000225. The molecule has 3 aromatic rings. The Morgan fingerprint density at radius 3 is 2.44 bits per heavy atom. The van der Waals surface area contributed by atoms with Gasteiger partial charge in [-0.15, -0.1) is 12.4 Å². The predicted molar refractivity (Wildman–Crippen MR) is 99.2 cm³/mol. The Hall–Kier alpha value is -2.43. The van der Waals surface area contributed by atoms with Crippen LogP contribution in [0, 0.1) is 5.82 Å². The second kappa shape index (κ2) is 9.77. The van der Waals surface area contributed by atoms with E-state index in [0.29, 0.717) is 5.56 Å². The topological polar surface area (TPSA) is 34.1 Å². The first-order chi connectivity index (χ1) is 11.8. The van der Waals surface area contributed by atoms with E-state index < -0.39 is 0 Å². The molecule has 1 heterocycles. The Morgan fingerprint density at radius 1 is 0.880 bits per heavy atom. The number of nitrogens with zero attached hydrogens (tertiary/aromatic N) is 1. The van der Waals surface area contributed by atoms with Crippen LogP contribution in [0.4, 0.5) is 4.39 Å². The molecule has 0 amide bonds. The summed E-state index contributed by atoms with van der Waals surface area (Å²) in [5, 5.41) is 3.38. The van der Waals surface area contributed by atoms with Crippen LogP contribution in [0.3, 0.4) is 0 Å². The molecule has 0 aliphatic rings. The number of nitrogens with one attached hydrogen (secondary N) is 1. The zero-order valence-electron chi connectivity index (χ0n) is 13.7. The maximum Gasteiger partial charge on any atom is 0.129 e. The zero-order chi connectivity index (χ0) is 16.6. The summed E-state index contributed by atoms with van der Waals surface area (Å²) in [7, 11) is 0. The highest BCUT2D eigenvalue weighted by atomic mass is 35.5. The van der Waals surface area contributed by atoms with E-state index >= 15 is 0 Å². The van der Waals surface area contributed by atoms with Crippen molar-refractivity contribution in [2.24, 2.45) is 0 Å². The molecule has 3 nitrogen and oxygen atoms in total. The van der Waals surface area contributed by atoms with Crippen LogP contribution in [0.25, 0.3) is 0 Å². The number of ether oxygens (including phenoxy) is 1. The summed E-state index contributed by atoms with van der Waals surface area (Å²) in [6.45, 7) is 1.74. The van der Waals surface area contributed by atoms with Crippen molar-refractivity contribution in [3.05, 3.63) is 95.6 Å². The highest BCUT2D eigenvalue weighted by molar-refractivity contribution is 5.85. The molecule has 0 bridgehead atoms. The van der Waals surface area contributed by atoms with Crippen molar-refractivity contribution in [1.82, 2.24) is 10.3 Å². The van der Waals surface area contributed by atoms with Crippen molar-refractivity contribution in [1.29, 1.82) is 0 Å². The predicted octanol–water partition coefficient (Wildman–Crippen LogP) is 4.51. The van der Waals surface area contributed by atoms with Gasteiger partial charge in [0.15, 0.2) is 0 Å². The average molecular weight is 359 g/mol. The molecule has 25 heavy (non-hydrogen) atoms. The van der Waals surface area contributed by atoms with Gasteiger partial charge in [-0.1, -0.05) is 30.3 Å². The van der Waals surface area contributed by atoms with Crippen LogP contribution in [0.15, 0.2) is 73.1 Å².